The van der Waals surface area contributed by atoms with Gasteiger partial charge in [0.2, 0.25) is 5.91 Å². The molecular weight excluding hydrogens is 272 g/mol. The number of amides is 1. The highest BCUT2D eigenvalue weighted by molar-refractivity contribution is 7.71. The molecule has 20 heavy (non-hydrogen) atoms. The molecule has 1 aromatic carbocycles. The number of fused-ring (bicyclic) bond motifs is 3. The Bertz CT molecular complexity index is 864. The van der Waals surface area contributed by atoms with Crippen LogP contribution in [0.5, 0.6) is 0 Å². The van der Waals surface area contributed by atoms with Crippen molar-refractivity contribution in [2.24, 2.45) is 5.73 Å². The van der Waals surface area contributed by atoms with Crippen LogP contribution in [0.3, 0.4) is 0 Å². The Morgan fingerprint density at radius 3 is 3.00 bits per heavy atom. The first-order valence-electron chi connectivity index (χ1n) is 6.34. The zero-order valence-corrected chi connectivity index (χ0v) is 11.8. The zero-order chi connectivity index (χ0) is 14.3. The van der Waals surface area contributed by atoms with Gasteiger partial charge in [0.1, 0.15) is 0 Å². The predicted octanol–water partition coefficient (Wildman–Crippen LogP) is 2.68. The fourth-order valence-electron chi connectivity index (χ4n) is 2.56. The van der Waals surface area contributed by atoms with E-state index in [1.165, 1.54) is 0 Å². The van der Waals surface area contributed by atoms with E-state index >= 15 is 0 Å². The number of aromatic nitrogens is 3. The first-order chi connectivity index (χ1) is 9.58. The monoisotopic (exact) mass is 286 g/mol. The van der Waals surface area contributed by atoms with Crippen LogP contribution >= 0.6 is 12.2 Å². The van der Waals surface area contributed by atoms with Crippen molar-refractivity contribution in [3.63, 3.8) is 0 Å². The van der Waals surface area contributed by atoms with E-state index in [-0.39, 0.29) is 18.4 Å². The quantitative estimate of drug-likeness (QED) is 0.727. The Hall–Kier alpha value is -2.21. The number of nitrogens with zero attached hydrogens (tertiary/aromatic N) is 2. The third-order valence-electron chi connectivity index (χ3n) is 3.39. The number of carbonyl (C=O) groups excluding carboxylic acids is 1. The number of benzene rings is 1. The number of carbonyl (C=O) groups is 1. The summed E-state index contributed by atoms with van der Waals surface area (Å²) in [7, 11) is 0. The van der Waals surface area contributed by atoms with Crippen molar-refractivity contribution >= 4 is 40.1 Å². The van der Waals surface area contributed by atoms with Gasteiger partial charge in [0, 0.05) is 17.8 Å². The molecule has 0 aliphatic rings. The third kappa shape index (κ3) is 1.98. The normalized spacial score (nSPS) is 12.8. The lowest BCUT2D eigenvalue weighted by Gasteiger charge is -2.13. The Balaban J connectivity index is 2.35. The molecule has 0 bridgehead atoms. The average molecular weight is 286 g/mol. The zero-order valence-electron chi connectivity index (χ0n) is 11.0. The smallest absolute Gasteiger partial charge is 0.219 e. The summed E-state index contributed by atoms with van der Waals surface area (Å²) in [6.45, 7) is 1.93. The lowest BCUT2D eigenvalue weighted by molar-refractivity contribution is -0.118. The number of primary amides is 1. The Labute approximate surface area is 120 Å². The summed E-state index contributed by atoms with van der Waals surface area (Å²) in [5, 5.41) is 1.01. The topological polar surface area (TPSA) is 76.7 Å². The van der Waals surface area contributed by atoms with E-state index < -0.39 is 0 Å². The van der Waals surface area contributed by atoms with Crippen molar-refractivity contribution in [3.05, 3.63) is 35.2 Å². The van der Waals surface area contributed by atoms with Gasteiger partial charge in [0.25, 0.3) is 0 Å². The summed E-state index contributed by atoms with van der Waals surface area (Å²) >= 11 is 5.37. The molecule has 0 spiro atoms. The molecule has 3 aromatic rings. The van der Waals surface area contributed by atoms with Gasteiger partial charge in [-0.05, 0) is 25.2 Å². The van der Waals surface area contributed by atoms with Crippen molar-refractivity contribution in [1.29, 1.82) is 0 Å². The van der Waals surface area contributed by atoms with Crippen LogP contribution in [0.4, 0.5) is 0 Å². The highest BCUT2D eigenvalue weighted by atomic mass is 32.1. The van der Waals surface area contributed by atoms with Gasteiger partial charge in [-0.25, -0.2) is 0 Å². The maximum atomic E-state index is 11.2. The molecule has 3 N–H and O–H groups in total. The van der Waals surface area contributed by atoms with E-state index in [4.69, 9.17) is 18.0 Å². The van der Waals surface area contributed by atoms with Crippen molar-refractivity contribution in [2.45, 2.75) is 19.4 Å². The number of hydrogen-bond donors (Lipinski definition) is 2. The second kappa shape index (κ2) is 4.72. The number of nitrogens with two attached hydrogens (primary N) is 1. The van der Waals surface area contributed by atoms with Crippen LogP contribution in [0.15, 0.2) is 30.5 Å². The van der Waals surface area contributed by atoms with E-state index in [1.807, 2.05) is 35.8 Å². The predicted molar refractivity (Wildman–Crippen MR) is 80.9 cm³/mol. The van der Waals surface area contributed by atoms with Crippen LogP contribution < -0.4 is 5.73 Å². The van der Waals surface area contributed by atoms with Gasteiger partial charge in [-0.2, -0.15) is 0 Å². The third-order valence-corrected chi connectivity index (χ3v) is 3.68. The molecular formula is C14H14N4OS. The summed E-state index contributed by atoms with van der Waals surface area (Å²) in [6.07, 6.45) is 2.01. The number of rotatable bonds is 3. The fraction of sp³-hybridized carbons (Fsp3) is 0.214. The minimum atomic E-state index is -0.341. The van der Waals surface area contributed by atoms with Crippen LogP contribution in [0.25, 0.3) is 21.9 Å². The molecule has 0 aliphatic heterocycles. The number of para-hydroxylation sites is 1. The second-order valence-electron chi connectivity index (χ2n) is 4.86. The average Bonchev–Trinajstić information content (AvgIpc) is 2.74. The lowest BCUT2D eigenvalue weighted by Crippen LogP contribution is -2.17. The van der Waals surface area contributed by atoms with Gasteiger partial charge in [-0.3, -0.25) is 9.78 Å². The van der Waals surface area contributed by atoms with Crippen molar-refractivity contribution in [3.8, 4) is 0 Å². The van der Waals surface area contributed by atoms with Gasteiger partial charge >= 0.3 is 0 Å². The number of aromatic amines is 1. The Morgan fingerprint density at radius 2 is 2.25 bits per heavy atom. The first-order valence-corrected chi connectivity index (χ1v) is 6.75. The number of imidazole rings is 1. The van der Waals surface area contributed by atoms with Crippen molar-refractivity contribution in [1.82, 2.24) is 14.5 Å². The van der Waals surface area contributed by atoms with Gasteiger partial charge < -0.3 is 15.3 Å². The molecule has 1 unspecified atom stereocenters. The number of H-pyrrole nitrogens is 1. The van der Waals surface area contributed by atoms with E-state index in [2.05, 4.69) is 9.97 Å². The van der Waals surface area contributed by atoms with Crippen molar-refractivity contribution < 1.29 is 4.79 Å². The minimum absolute atomic E-state index is 0.0976. The highest BCUT2D eigenvalue weighted by Crippen LogP contribution is 2.27. The van der Waals surface area contributed by atoms with Crippen LogP contribution in [0.2, 0.25) is 0 Å². The second-order valence-corrected chi connectivity index (χ2v) is 5.24. The van der Waals surface area contributed by atoms with Crippen LogP contribution in [-0.2, 0) is 4.79 Å². The Kier molecular flexibility index (Phi) is 3.02. The van der Waals surface area contributed by atoms with Crippen LogP contribution in [0, 0.1) is 4.77 Å². The molecule has 1 amide bonds. The number of pyridine rings is 1. The minimum Gasteiger partial charge on any atom is -0.370 e. The summed E-state index contributed by atoms with van der Waals surface area (Å²) in [5.74, 6) is -0.341. The maximum absolute atomic E-state index is 11.2. The first kappa shape index (κ1) is 12.8. The molecule has 2 heterocycles. The van der Waals surface area contributed by atoms with E-state index in [9.17, 15) is 4.79 Å². The largest absolute Gasteiger partial charge is 0.370 e. The Morgan fingerprint density at radius 1 is 1.50 bits per heavy atom. The fourth-order valence-corrected chi connectivity index (χ4v) is 2.94. The van der Waals surface area contributed by atoms with Gasteiger partial charge in [-0.15, -0.1) is 0 Å². The number of hydrogen-bond acceptors (Lipinski definition) is 3. The summed E-state index contributed by atoms with van der Waals surface area (Å²) < 4.78 is 2.52. The molecule has 3 rings (SSSR count). The molecule has 0 aliphatic carbocycles. The standard InChI is InChI=1S/C14H14N4OS/c1-8(6-12(15)19)18-13-9-4-2-3-5-10(9)16-7-11(13)17-14(18)20/h2-5,7-8H,6H2,1H3,(H2,15,19)(H,17,20). The molecule has 0 saturated heterocycles. The lowest BCUT2D eigenvalue weighted by atomic mass is 10.1. The van der Waals surface area contributed by atoms with E-state index in [0.717, 1.165) is 21.9 Å². The number of nitrogens with one attached hydrogen (secondary N) is 1. The van der Waals surface area contributed by atoms with Gasteiger partial charge in [0.15, 0.2) is 4.77 Å². The molecule has 6 heteroatoms. The molecule has 0 radical (unpaired) electrons. The van der Waals surface area contributed by atoms with E-state index in [1.54, 1.807) is 6.20 Å². The molecule has 0 saturated carbocycles. The summed E-state index contributed by atoms with van der Waals surface area (Å²) in [6, 6.07) is 7.76. The highest BCUT2D eigenvalue weighted by Gasteiger charge is 2.15. The molecule has 102 valence electrons. The molecule has 1 atom stereocenters. The molecule has 5 nitrogen and oxygen atoms in total. The van der Waals surface area contributed by atoms with Gasteiger partial charge in [0.05, 0.1) is 22.7 Å². The molecule has 2 aromatic heterocycles. The van der Waals surface area contributed by atoms with E-state index in [0.29, 0.717) is 4.77 Å². The van der Waals surface area contributed by atoms with Gasteiger partial charge in [-0.1, -0.05) is 18.2 Å². The van der Waals surface area contributed by atoms with Crippen LogP contribution in [0.1, 0.15) is 19.4 Å². The summed E-state index contributed by atoms with van der Waals surface area (Å²) in [4.78, 5) is 18.7. The van der Waals surface area contributed by atoms with Crippen LogP contribution in [-0.4, -0.2) is 20.4 Å². The molecule has 0 fully saturated rings. The summed E-state index contributed by atoms with van der Waals surface area (Å²) in [5.41, 5.74) is 8.03. The maximum Gasteiger partial charge on any atom is 0.219 e. The van der Waals surface area contributed by atoms with Crippen molar-refractivity contribution in [2.75, 3.05) is 0 Å². The SMILES string of the molecule is CC(CC(N)=O)n1c(=S)[nH]c2cnc3ccccc3c21.